The Balaban J connectivity index is 2.12. The van der Waals surface area contributed by atoms with Crippen LogP contribution in [-0.2, 0) is 6.42 Å². The van der Waals surface area contributed by atoms with Gasteiger partial charge in [0.25, 0.3) is 0 Å². The minimum absolute atomic E-state index is 0.355. The molecule has 0 aliphatic heterocycles. The quantitative estimate of drug-likeness (QED) is 0.594. The van der Waals surface area contributed by atoms with E-state index in [1.54, 1.807) is 0 Å². The number of aryl methyl sites for hydroxylation is 2. The summed E-state index contributed by atoms with van der Waals surface area (Å²) in [7, 11) is 0. The summed E-state index contributed by atoms with van der Waals surface area (Å²) in [5.74, 6) is 1.45. The van der Waals surface area contributed by atoms with Gasteiger partial charge in [0.05, 0.1) is 0 Å². The van der Waals surface area contributed by atoms with Gasteiger partial charge in [0.2, 0.25) is 0 Å². The van der Waals surface area contributed by atoms with Crippen molar-refractivity contribution in [1.82, 2.24) is 0 Å². The molecule has 3 unspecified atom stereocenters. The fraction of sp³-hybridized carbons (Fsp3) is 0.684. The van der Waals surface area contributed by atoms with Crippen LogP contribution in [0, 0.1) is 31.1 Å². The second-order valence-electron chi connectivity index (χ2n) is 7.79. The lowest BCUT2D eigenvalue weighted by Gasteiger charge is -2.40. The zero-order valence-corrected chi connectivity index (χ0v) is 14.4. The maximum absolute atomic E-state index is 6.64. The first-order valence-electron chi connectivity index (χ1n) is 7.97. The second-order valence-corrected chi connectivity index (χ2v) is 8.35. The minimum Gasteiger partial charge on any atom is -0.123 e. The van der Waals surface area contributed by atoms with Crippen molar-refractivity contribution in [3.05, 3.63) is 34.9 Å². The largest absolute Gasteiger partial charge is 0.123 e. The molecule has 0 heterocycles. The third-order valence-corrected chi connectivity index (χ3v) is 5.68. The van der Waals surface area contributed by atoms with E-state index in [2.05, 4.69) is 52.8 Å². The Morgan fingerprint density at radius 3 is 2.50 bits per heavy atom. The van der Waals surface area contributed by atoms with Crippen LogP contribution < -0.4 is 0 Å². The van der Waals surface area contributed by atoms with Crippen molar-refractivity contribution in [2.24, 2.45) is 17.3 Å². The molecule has 0 nitrogen and oxygen atoms in total. The molecule has 1 aliphatic rings. The molecule has 1 aromatic rings. The van der Waals surface area contributed by atoms with E-state index in [1.165, 1.54) is 36.0 Å². The fourth-order valence-electron chi connectivity index (χ4n) is 3.53. The molecule has 2 rings (SSSR count). The van der Waals surface area contributed by atoms with E-state index >= 15 is 0 Å². The number of rotatable bonds is 2. The molecular weight excluding hydrogens is 264 g/mol. The summed E-state index contributed by atoms with van der Waals surface area (Å²) in [4.78, 5) is 0. The molecule has 1 heteroatoms. The number of halogens is 1. The van der Waals surface area contributed by atoms with Crippen LogP contribution in [0.3, 0.4) is 0 Å². The Labute approximate surface area is 129 Å². The van der Waals surface area contributed by atoms with E-state index in [4.69, 9.17) is 11.6 Å². The lowest BCUT2D eigenvalue weighted by molar-refractivity contribution is 0.144. The van der Waals surface area contributed by atoms with E-state index in [0.717, 1.165) is 12.3 Å². The van der Waals surface area contributed by atoms with E-state index in [0.29, 0.717) is 16.7 Å². The molecule has 0 radical (unpaired) electrons. The third-order valence-electron chi connectivity index (χ3n) is 5.10. The van der Waals surface area contributed by atoms with Crippen molar-refractivity contribution >= 4 is 11.6 Å². The molecule has 1 aromatic carbocycles. The van der Waals surface area contributed by atoms with Gasteiger partial charge in [0.1, 0.15) is 0 Å². The molecular formula is C19H29Cl. The summed E-state index contributed by atoms with van der Waals surface area (Å²) >= 11 is 6.64. The van der Waals surface area contributed by atoms with Crippen molar-refractivity contribution in [3.63, 3.8) is 0 Å². The van der Waals surface area contributed by atoms with Crippen LogP contribution in [0.5, 0.6) is 0 Å². The highest BCUT2D eigenvalue weighted by atomic mass is 35.5. The highest BCUT2D eigenvalue weighted by Gasteiger charge is 2.35. The first-order chi connectivity index (χ1) is 9.27. The molecule has 112 valence electrons. The van der Waals surface area contributed by atoms with Crippen molar-refractivity contribution < 1.29 is 0 Å². The summed E-state index contributed by atoms with van der Waals surface area (Å²) in [6.07, 6.45) is 4.90. The minimum atomic E-state index is 0.355. The molecule has 0 bridgehead atoms. The first-order valence-corrected chi connectivity index (χ1v) is 8.41. The summed E-state index contributed by atoms with van der Waals surface area (Å²) < 4.78 is 0. The molecule has 1 saturated carbocycles. The van der Waals surface area contributed by atoms with Gasteiger partial charge in [0, 0.05) is 5.38 Å². The van der Waals surface area contributed by atoms with Crippen molar-refractivity contribution in [1.29, 1.82) is 0 Å². The number of hydrogen-bond donors (Lipinski definition) is 0. The van der Waals surface area contributed by atoms with Gasteiger partial charge in [-0.05, 0) is 67.9 Å². The molecule has 3 atom stereocenters. The normalized spacial score (nSPS) is 27.6. The average Bonchev–Trinajstić information content (AvgIpc) is 2.35. The number of hydrogen-bond acceptors (Lipinski definition) is 0. The van der Waals surface area contributed by atoms with E-state index < -0.39 is 0 Å². The molecule has 0 amide bonds. The van der Waals surface area contributed by atoms with Crippen LogP contribution in [0.4, 0.5) is 0 Å². The summed E-state index contributed by atoms with van der Waals surface area (Å²) in [5.41, 5.74) is 4.68. The highest BCUT2D eigenvalue weighted by molar-refractivity contribution is 6.20. The molecule has 1 fully saturated rings. The van der Waals surface area contributed by atoms with E-state index in [1.807, 2.05) is 0 Å². The zero-order valence-electron chi connectivity index (χ0n) is 13.7. The van der Waals surface area contributed by atoms with Crippen LogP contribution in [0.25, 0.3) is 0 Å². The van der Waals surface area contributed by atoms with Crippen LogP contribution >= 0.6 is 11.6 Å². The number of alkyl halides is 1. The van der Waals surface area contributed by atoms with Crippen molar-refractivity contribution in [3.8, 4) is 0 Å². The monoisotopic (exact) mass is 292 g/mol. The molecule has 0 saturated heterocycles. The number of benzene rings is 1. The van der Waals surface area contributed by atoms with Crippen LogP contribution in [-0.4, -0.2) is 5.38 Å². The van der Waals surface area contributed by atoms with E-state index in [9.17, 15) is 0 Å². The lowest BCUT2D eigenvalue weighted by Crippen LogP contribution is -2.33. The maximum atomic E-state index is 6.64. The molecule has 0 spiro atoms. The van der Waals surface area contributed by atoms with Gasteiger partial charge in [-0.1, -0.05) is 44.5 Å². The summed E-state index contributed by atoms with van der Waals surface area (Å²) in [6, 6.07) is 6.80. The maximum Gasteiger partial charge on any atom is 0.0367 e. The van der Waals surface area contributed by atoms with Crippen LogP contribution in [0.1, 0.15) is 56.7 Å². The molecule has 20 heavy (non-hydrogen) atoms. The smallest absolute Gasteiger partial charge is 0.0367 e. The van der Waals surface area contributed by atoms with Crippen LogP contribution in [0.2, 0.25) is 0 Å². The van der Waals surface area contributed by atoms with Crippen molar-refractivity contribution in [2.45, 2.75) is 65.7 Å². The third kappa shape index (κ3) is 3.79. The Bertz CT molecular complexity index is 455. The van der Waals surface area contributed by atoms with E-state index in [-0.39, 0.29) is 0 Å². The first kappa shape index (κ1) is 15.9. The predicted molar refractivity (Wildman–Crippen MR) is 89.5 cm³/mol. The molecule has 0 N–H and O–H groups in total. The van der Waals surface area contributed by atoms with Gasteiger partial charge in [0.15, 0.2) is 0 Å². The van der Waals surface area contributed by atoms with Crippen LogP contribution in [0.15, 0.2) is 18.2 Å². The van der Waals surface area contributed by atoms with Gasteiger partial charge >= 0.3 is 0 Å². The Hall–Kier alpha value is -0.490. The Morgan fingerprint density at radius 1 is 1.15 bits per heavy atom. The van der Waals surface area contributed by atoms with Gasteiger partial charge in [-0.15, -0.1) is 11.6 Å². The summed E-state index contributed by atoms with van der Waals surface area (Å²) in [5, 5.41) is 0.355. The Morgan fingerprint density at radius 2 is 1.85 bits per heavy atom. The zero-order chi connectivity index (χ0) is 14.9. The van der Waals surface area contributed by atoms with Gasteiger partial charge in [-0.25, -0.2) is 0 Å². The second kappa shape index (κ2) is 6.10. The Kier molecular flexibility index (Phi) is 4.84. The molecule has 1 aliphatic carbocycles. The SMILES string of the molecule is Cc1ccc(C)c(CC2CC(C(C)(C)C)CCC2Cl)c1. The highest BCUT2D eigenvalue weighted by Crippen LogP contribution is 2.43. The topological polar surface area (TPSA) is 0 Å². The van der Waals surface area contributed by atoms with Gasteiger partial charge in [-0.3, -0.25) is 0 Å². The molecule has 0 aromatic heterocycles. The lowest BCUT2D eigenvalue weighted by atomic mass is 9.68. The average molecular weight is 293 g/mol. The van der Waals surface area contributed by atoms with Gasteiger partial charge in [-0.2, -0.15) is 0 Å². The standard InChI is InChI=1S/C19H29Cl/c1-13-6-7-14(2)15(10-13)11-16-12-17(19(3,4)5)8-9-18(16)20/h6-7,10,16-18H,8-9,11-12H2,1-5H3. The predicted octanol–water partition coefficient (Wildman–Crippen LogP) is 5.92. The van der Waals surface area contributed by atoms with Gasteiger partial charge < -0.3 is 0 Å². The fourth-order valence-corrected chi connectivity index (χ4v) is 3.85. The van der Waals surface area contributed by atoms with Crippen molar-refractivity contribution in [2.75, 3.05) is 0 Å². The summed E-state index contributed by atoms with van der Waals surface area (Å²) in [6.45, 7) is 11.5.